The molecular weight excluding hydrogens is 286 g/mol. The predicted octanol–water partition coefficient (Wildman–Crippen LogP) is 0.665. The first-order valence-electron chi connectivity index (χ1n) is 7.75. The third-order valence-corrected chi connectivity index (χ3v) is 4.39. The lowest BCUT2D eigenvalue weighted by atomic mass is 10.0. The van der Waals surface area contributed by atoms with E-state index in [0.29, 0.717) is 42.9 Å². The molecule has 7 nitrogen and oxygen atoms in total. The Labute approximate surface area is 129 Å². The maximum absolute atomic E-state index is 12.8. The second-order valence-corrected chi connectivity index (χ2v) is 5.81. The number of carbonyl (C=O) groups is 2. The van der Waals surface area contributed by atoms with E-state index in [-0.39, 0.29) is 30.6 Å². The summed E-state index contributed by atoms with van der Waals surface area (Å²) in [6.07, 6.45) is 2.08. The fourth-order valence-electron chi connectivity index (χ4n) is 3.17. The molecule has 2 amide bonds. The Kier molecular flexibility index (Phi) is 4.15. The molecule has 2 aliphatic heterocycles. The number of likely N-dealkylation sites (tertiary alicyclic amines) is 1. The molecule has 1 N–H and O–H groups in total. The second kappa shape index (κ2) is 6.08. The van der Waals surface area contributed by atoms with Crippen LogP contribution in [0, 0.1) is 6.92 Å². The average Bonchev–Trinajstić information content (AvgIpc) is 2.75. The van der Waals surface area contributed by atoms with E-state index in [4.69, 9.17) is 9.26 Å². The van der Waals surface area contributed by atoms with E-state index < -0.39 is 0 Å². The molecule has 0 saturated carbocycles. The van der Waals surface area contributed by atoms with Gasteiger partial charge in [0.05, 0.1) is 17.8 Å². The zero-order chi connectivity index (χ0) is 15.7. The molecule has 3 heterocycles. The van der Waals surface area contributed by atoms with Crippen molar-refractivity contribution in [2.75, 3.05) is 19.7 Å². The lowest BCUT2D eigenvalue weighted by Crippen LogP contribution is -2.51. The first-order valence-corrected chi connectivity index (χ1v) is 7.75. The van der Waals surface area contributed by atoms with Gasteiger partial charge in [0, 0.05) is 13.1 Å². The fourth-order valence-corrected chi connectivity index (χ4v) is 3.17. The smallest absolute Gasteiger partial charge is 0.259 e. The Balaban J connectivity index is 1.74. The van der Waals surface area contributed by atoms with Crippen molar-refractivity contribution in [2.45, 2.75) is 45.3 Å². The number of amides is 2. The summed E-state index contributed by atoms with van der Waals surface area (Å²) >= 11 is 0. The maximum Gasteiger partial charge on any atom is 0.259 e. The van der Waals surface area contributed by atoms with Gasteiger partial charge >= 0.3 is 0 Å². The number of carbonyl (C=O) groups excluding carboxylic acids is 2. The highest BCUT2D eigenvalue weighted by Gasteiger charge is 2.34. The highest BCUT2D eigenvalue weighted by molar-refractivity contribution is 5.96. The van der Waals surface area contributed by atoms with E-state index in [1.807, 2.05) is 11.8 Å². The molecule has 3 rings (SSSR count). The Morgan fingerprint density at radius 2 is 2.18 bits per heavy atom. The van der Waals surface area contributed by atoms with Crippen molar-refractivity contribution in [3.8, 4) is 0 Å². The van der Waals surface area contributed by atoms with E-state index in [0.717, 1.165) is 6.42 Å². The molecule has 2 saturated heterocycles. The first-order chi connectivity index (χ1) is 10.6. The number of rotatable bonds is 2. The van der Waals surface area contributed by atoms with Gasteiger partial charge in [0.15, 0.2) is 0 Å². The molecule has 22 heavy (non-hydrogen) atoms. The largest absolute Gasteiger partial charge is 0.366 e. The third kappa shape index (κ3) is 2.72. The van der Waals surface area contributed by atoms with E-state index >= 15 is 0 Å². The van der Waals surface area contributed by atoms with Crippen molar-refractivity contribution in [1.82, 2.24) is 15.4 Å². The van der Waals surface area contributed by atoms with Gasteiger partial charge in [-0.05, 0) is 26.2 Å². The molecule has 0 radical (unpaired) electrons. The summed E-state index contributed by atoms with van der Waals surface area (Å²) in [4.78, 5) is 26.0. The predicted molar refractivity (Wildman–Crippen MR) is 77.4 cm³/mol. The second-order valence-electron chi connectivity index (χ2n) is 5.81. The summed E-state index contributed by atoms with van der Waals surface area (Å²) < 4.78 is 10.7. The summed E-state index contributed by atoms with van der Waals surface area (Å²) in [6.45, 7) is 5.04. The molecule has 0 bridgehead atoms. The van der Waals surface area contributed by atoms with Gasteiger partial charge < -0.3 is 19.5 Å². The average molecular weight is 307 g/mol. The van der Waals surface area contributed by atoms with Crippen LogP contribution in [0.2, 0.25) is 0 Å². The molecule has 1 aromatic heterocycles. The van der Waals surface area contributed by atoms with Gasteiger partial charge in [0.25, 0.3) is 5.91 Å². The summed E-state index contributed by atoms with van der Waals surface area (Å²) in [6, 6.07) is -0.00623. The standard InChI is InChI=1S/C15H21N3O4/c1-3-10-14(9(2)22-17-10)15(20)18-6-4-11-12(5-7-18)21-8-13(19)16-11/h11-12H,3-8H2,1-2H3,(H,16,19)/t11-,12-/m0/s1. The molecular formula is C15H21N3O4. The topological polar surface area (TPSA) is 84.7 Å². The van der Waals surface area contributed by atoms with Crippen LogP contribution in [-0.4, -0.2) is 53.7 Å². The Morgan fingerprint density at radius 1 is 1.41 bits per heavy atom. The van der Waals surface area contributed by atoms with Crippen LogP contribution in [0.5, 0.6) is 0 Å². The monoisotopic (exact) mass is 307 g/mol. The molecule has 7 heteroatoms. The molecule has 120 valence electrons. The summed E-state index contributed by atoms with van der Waals surface area (Å²) in [5.74, 6) is 0.442. The molecule has 2 fully saturated rings. The highest BCUT2D eigenvalue weighted by atomic mass is 16.5. The fraction of sp³-hybridized carbons (Fsp3) is 0.667. The minimum atomic E-state index is -0.0795. The minimum Gasteiger partial charge on any atom is -0.366 e. The van der Waals surface area contributed by atoms with Crippen LogP contribution in [0.1, 0.15) is 41.6 Å². The first kappa shape index (κ1) is 15.0. The number of nitrogens with zero attached hydrogens (tertiary/aromatic N) is 2. The number of aromatic nitrogens is 1. The molecule has 0 spiro atoms. The lowest BCUT2D eigenvalue weighted by Gasteiger charge is -2.30. The number of hydrogen-bond donors (Lipinski definition) is 1. The maximum atomic E-state index is 12.8. The number of nitrogens with one attached hydrogen (secondary N) is 1. The van der Waals surface area contributed by atoms with Crippen molar-refractivity contribution >= 4 is 11.8 Å². The van der Waals surface area contributed by atoms with E-state index in [1.54, 1.807) is 6.92 Å². The molecule has 2 aliphatic rings. The van der Waals surface area contributed by atoms with Gasteiger partial charge in [-0.1, -0.05) is 12.1 Å². The van der Waals surface area contributed by atoms with Crippen LogP contribution in [-0.2, 0) is 16.0 Å². The van der Waals surface area contributed by atoms with Gasteiger partial charge in [0.1, 0.15) is 17.9 Å². The number of hydrogen-bond acceptors (Lipinski definition) is 5. The van der Waals surface area contributed by atoms with Crippen LogP contribution in [0.25, 0.3) is 0 Å². The van der Waals surface area contributed by atoms with Crippen molar-refractivity contribution in [2.24, 2.45) is 0 Å². The minimum absolute atomic E-state index is 0.00623. The number of fused-ring (bicyclic) bond motifs is 1. The number of morpholine rings is 1. The lowest BCUT2D eigenvalue weighted by molar-refractivity contribution is -0.136. The van der Waals surface area contributed by atoms with Gasteiger partial charge in [-0.15, -0.1) is 0 Å². The SMILES string of the molecule is CCc1noc(C)c1C(=O)N1CC[C@@H]2NC(=O)CO[C@H]2CC1. The van der Waals surface area contributed by atoms with Crippen molar-refractivity contribution < 1.29 is 18.8 Å². The van der Waals surface area contributed by atoms with Crippen LogP contribution >= 0.6 is 0 Å². The van der Waals surface area contributed by atoms with Crippen LogP contribution < -0.4 is 5.32 Å². The van der Waals surface area contributed by atoms with E-state index in [9.17, 15) is 9.59 Å². The zero-order valence-electron chi connectivity index (χ0n) is 12.9. The quantitative estimate of drug-likeness (QED) is 0.868. The van der Waals surface area contributed by atoms with Gasteiger partial charge in [0.2, 0.25) is 5.91 Å². The van der Waals surface area contributed by atoms with Gasteiger partial charge in [-0.2, -0.15) is 0 Å². The van der Waals surface area contributed by atoms with E-state index in [1.165, 1.54) is 0 Å². The molecule has 1 aromatic rings. The Hall–Kier alpha value is -1.89. The van der Waals surface area contributed by atoms with Crippen LogP contribution in [0.3, 0.4) is 0 Å². The Bertz CT molecular complexity index is 583. The zero-order valence-corrected chi connectivity index (χ0v) is 12.9. The normalized spacial score (nSPS) is 25.4. The Morgan fingerprint density at radius 3 is 2.95 bits per heavy atom. The van der Waals surface area contributed by atoms with Crippen molar-refractivity contribution in [3.63, 3.8) is 0 Å². The molecule has 0 unspecified atom stereocenters. The summed E-state index contributed by atoms with van der Waals surface area (Å²) in [5, 5.41) is 6.91. The van der Waals surface area contributed by atoms with Gasteiger partial charge in [-0.25, -0.2) is 0 Å². The highest BCUT2D eigenvalue weighted by Crippen LogP contribution is 2.22. The van der Waals surface area contributed by atoms with E-state index in [2.05, 4.69) is 10.5 Å². The third-order valence-electron chi connectivity index (χ3n) is 4.39. The van der Waals surface area contributed by atoms with Crippen LogP contribution in [0.15, 0.2) is 4.52 Å². The molecule has 2 atom stereocenters. The molecule has 0 aliphatic carbocycles. The van der Waals surface area contributed by atoms with Crippen molar-refractivity contribution in [1.29, 1.82) is 0 Å². The van der Waals surface area contributed by atoms with Gasteiger partial charge in [-0.3, -0.25) is 9.59 Å². The molecule has 0 aromatic carbocycles. The van der Waals surface area contributed by atoms with Crippen molar-refractivity contribution in [3.05, 3.63) is 17.0 Å². The summed E-state index contributed by atoms with van der Waals surface area (Å²) in [7, 11) is 0. The van der Waals surface area contributed by atoms with Crippen LogP contribution in [0.4, 0.5) is 0 Å². The number of aryl methyl sites for hydroxylation is 2. The number of ether oxygens (including phenoxy) is 1. The summed E-state index contributed by atoms with van der Waals surface area (Å²) in [5.41, 5.74) is 1.28.